The first-order valence-electron chi connectivity index (χ1n) is 15.0. The molecule has 1 N–H and O–H groups in total. The van der Waals surface area contributed by atoms with Crippen LogP contribution in [0.4, 0.5) is 0 Å². The lowest BCUT2D eigenvalue weighted by atomic mass is 9.88. The molecule has 43 heavy (non-hydrogen) atoms. The molecule has 0 saturated heterocycles. The molecular formula is C37H32N4O2. The summed E-state index contributed by atoms with van der Waals surface area (Å²) >= 11 is 0. The molecule has 6 aromatic rings. The minimum atomic E-state index is -0.926. The topological polar surface area (TPSA) is 80.9 Å². The highest BCUT2D eigenvalue weighted by Crippen LogP contribution is 2.39. The van der Waals surface area contributed by atoms with Crippen LogP contribution >= 0.6 is 0 Å². The van der Waals surface area contributed by atoms with Crippen LogP contribution in [-0.4, -0.2) is 30.8 Å². The van der Waals surface area contributed by atoms with E-state index in [4.69, 9.17) is 15.2 Å². The van der Waals surface area contributed by atoms with Crippen molar-refractivity contribution in [2.45, 2.75) is 44.6 Å². The van der Waals surface area contributed by atoms with Crippen molar-refractivity contribution < 1.29 is 9.90 Å². The summed E-state index contributed by atoms with van der Waals surface area (Å²) < 4.78 is 2.37. The third-order valence-electron chi connectivity index (χ3n) is 8.52. The van der Waals surface area contributed by atoms with E-state index in [9.17, 15) is 9.90 Å². The number of aromatic carboxylic acids is 1. The van der Waals surface area contributed by atoms with E-state index in [0.29, 0.717) is 23.6 Å². The number of carboxylic acids is 1. The molecule has 0 unspecified atom stereocenters. The van der Waals surface area contributed by atoms with Crippen LogP contribution in [0.2, 0.25) is 0 Å². The quantitative estimate of drug-likeness (QED) is 0.210. The summed E-state index contributed by atoms with van der Waals surface area (Å²) in [6.45, 7) is 0.628. The molecule has 212 valence electrons. The van der Waals surface area contributed by atoms with Gasteiger partial charge in [-0.1, -0.05) is 122 Å². The Morgan fingerprint density at radius 1 is 0.698 bits per heavy atom. The average Bonchev–Trinajstić information content (AvgIpc) is 3.45. The number of imidazole rings is 1. The van der Waals surface area contributed by atoms with Crippen LogP contribution in [0.15, 0.2) is 109 Å². The van der Waals surface area contributed by atoms with Gasteiger partial charge >= 0.3 is 5.97 Å². The van der Waals surface area contributed by atoms with Crippen molar-refractivity contribution in [3.8, 4) is 33.6 Å². The first kappa shape index (κ1) is 26.8. The minimum Gasteiger partial charge on any atom is -0.478 e. The van der Waals surface area contributed by atoms with Gasteiger partial charge in [0.15, 0.2) is 0 Å². The van der Waals surface area contributed by atoms with Crippen molar-refractivity contribution in [1.82, 2.24) is 19.7 Å². The number of fused-ring (bicyclic) bond motifs is 1. The maximum absolute atomic E-state index is 11.8. The highest BCUT2D eigenvalue weighted by molar-refractivity contribution is 5.98. The number of carbonyl (C=O) groups is 1. The zero-order chi connectivity index (χ0) is 29.2. The molecule has 0 radical (unpaired) electrons. The summed E-state index contributed by atoms with van der Waals surface area (Å²) in [5.41, 5.74) is 8.54. The van der Waals surface area contributed by atoms with Gasteiger partial charge in [0.1, 0.15) is 22.7 Å². The number of rotatable bonds is 7. The Kier molecular flexibility index (Phi) is 7.25. The van der Waals surface area contributed by atoms with E-state index >= 15 is 0 Å². The monoisotopic (exact) mass is 564 g/mol. The van der Waals surface area contributed by atoms with E-state index in [1.807, 2.05) is 60.7 Å². The highest BCUT2D eigenvalue weighted by Gasteiger charge is 2.27. The zero-order valence-corrected chi connectivity index (χ0v) is 23.9. The van der Waals surface area contributed by atoms with Gasteiger partial charge in [-0.2, -0.15) is 0 Å². The molecule has 0 aliphatic heterocycles. The summed E-state index contributed by atoms with van der Waals surface area (Å²) in [5.74, 6) is 0.541. The third kappa shape index (κ3) is 5.21. The van der Waals surface area contributed by atoms with Crippen molar-refractivity contribution in [3.05, 3.63) is 126 Å². The van der Waals surface area contributed by atoms with Gasteiger partial charge in [-0.25, -0.2) is 9.78 Å². The van der Waals surface area contributed by atoms with Crippen LogP contribution < -0.4 is 0 Å². The lowest BCUT2D eigenvalue weighted by Crippen LogP contribution is -2.13. The number of benzene rings is 4. The maximum atomic E-state index is 11.8. The van der Waals surface area contributed by atoms with Gasteiger partial charge in [-0.15, -0.1) is 10.2 Å². The Morgan fingerprint density at radius 2 is 1.30 bits per heavy atom. The molecular weight excluding hydrogens is 532 g/mol. The molecule has 0 atom stereocenters. The standard InChI is InChI=1S/C37H32N4O2/c42-37(43)31-19-11-10-18-30(31)26-22-20-25(21-23-26)24-41-35-33(28-14-6-2-7-15-28)40-39-32(27-12-4-1-5-13-27)34(35)38-36(41)29-16-8-3-9-17-29/h1-2,4-7,10-15,18-23,29H,3,8-9,16-17,24H2,(H,42,43). The fourth-order valence-corrected chi connectivity index (χ4v) is 6.38. The van der Waals surface area contributed by atoms with Crippen LogP contribution in [-0.2, 0) is 6.54 Å². The lowest BCUT2D eigenvalue weighted by molar-refractivity contribution is 0.0697. The summed E-state index contributed by atoms with van der Waals surface area (Å²) in [6.07, 6.45) is 5.93. The smallest absolute Gasteiger partial charge is 0.336 e. The molecule has 4 aromatic carbocycles. The molecule has 0 bridgehead atoms. The zero-order valence-electron chi connectivity index (χ0n) is 23.9. The molecule has 1 saturated carbocycles. The number of hydrogen-bond acceptors (Lipinski definition) is 4. The molecule has 1 aliphatic rings. The van der Waals surface area contributed by atoms with Crippen molar-refractivity contribution in [3.63, 3.8) is 0 Å². The minimum absolute atomic E-state index is 0.301. The summed E-state index contributed by atoms with van der Waals surface area (Å²) in [4.78, 5) is 17.2. The molecule has 1 fully saturated rings. The van der Waals surface area contributed by atoms with Crippen molar-refractivity contribution in [2.24, 2.45) is 0 Å². The Labute approximate surface area is 250 Å². The Bertz CT molecular complexity index is 1890. The van der Waals surface area contributed by atoms with Gasteiger partial charge < -0.3 is 9.67 Å². The molecule has 0 spiro atoms. The van der Waals surface area contributed by atoms with Crippen LogP contribution in [0.1, 0.15) is 59.8 Å². The molecule has 1 aliphatic carbocycles. The molecule has 0 amide bonds. The van der Waals surface area contributed by atoms with Gasteiger partial charge in [-0.05, 0) is 35.6 Å². The SMILES string of the molecule is O=C(O)c1ccccc1-c1ccc(Cn2c(C3CCCCC3)nc3c(-c4ccccc4)nnc(-c4ccccc4)c32)cc1. The third-order valence-corrected chi connectivity index (χ3v) is 8.52. The fourth-order valence-electron chi connectivity index (χ4n) is 6.38. The van der Waals surface area contributed by atoms with Crippen molar-refractivity contribution in [1.29, 1.82) is 0 Å². The Hall–Kier alpha value is -5.10. The molecule has 6 nitrogen and oxygen atoms in total. The molecule has 6 heteroatoms. The summed E-state index contributed by atoms with van der Waals surface area (Å²) in [5, 5.41) is 19.3. The maximum Gasteiger partial charge on any atom is 0.336 e. The summed E-state index contributed by atoms with van der Waals surface area (Å²) in [7, 11) is 0. The average molecular weight is 565 g/mol. The fraction of sp³-hybridized carbons (Fsp3) is 0.189. The largest absolute Gasteiger partial charge is 0.478 e. The predicted octanol–water partition coefficient (Wildman–Crippen LogP) is 8.62. The second kappa shape index (κ2) is 11.6. The van der Waals surface area contributed by atoms with Crippen LogP contribution in [0.3, 0.4) is 0 Å². The number of hydrogen-bond donors (Lipinski definition) is 1. The first-order valence-corrected chi connectivity index (χ1v) is 15.0. The second-order valence-electron chi connectivity index (χ2n) is 11.3. The number of nitrogens with zero attached hydrogens (tertiary/aromatic N) is 4. The van der Waals surface area contributed by atoms with Gasteiger partial charge in [-0.3, -0.25) is 0 Å². The van der Waals surface area contributed by atoms with Crippen LogP contribution in [0.25, 0.3) is 44.7 Å². The van der Waals surface area contributed by atoms with Crippen molar-refractivity contribution in [2.75, 3.05) is 0 Å². The van der Waals surface area contributed by atoms with E-state index in [2.05, 4.69) is 41.0 Å². The van der Waals surface area contributed by atoms with Gasteiger partial charge in [0.2, 0.25) is 0 Å². The molecule has 2 heterocycles. The lowest BCUT2D eigenvalue weighted by Gasteiger charge is -2.22. The van der Waals surface area contributed by atoms with E-state index in [0.717, 1.165) is 63.3 Å². The van der Waals surface area contributed by atoms with Crippen LogP contribution in [0.5, 0.6) is 0 Å². The highest BCUT2D eigenvalue weighted by atomic mass is 16.4. The number of aromatic nitrogens is 4. The van der Waals surface area contributed by atoms with E-state index < -0.39 is 5.97 Å². The van der Waals surface area contributed by atoms with E-state index in [-0.39, 0.29) is 0 Å². The van der Waals surface area contributed by atoms with E-state index in [1.54, 1.807) is 12.1 Å². The van der Waals surface area contributed by atoms with Gasteiger partial charge in [0.05, 0.1) is 11.1 Å². The molecule has 2 aromatic heterocycles. The van der Waals surface area contributed by atoms with Gasteiger partial charge in [0, 0.05) is 23.6 Å². The molecule has 7 rings (SSSR count). The van der Waals surface area contributed by atoms with E-state index in [1.165, 1.54) is 19.3 Å². The number of carboxylic acid groups (broad SMARTS) is 1. The predicted molar refractivity (Wildman–Crippen MR) is 170 cm³/mol. The normalized spacial score (nSPS) is 13.8. The Balaban J connectivity index is 1.40. The Morgan fingerprint density at radius 3 is 1.98 bits per heavy atom. The van der Waals surface area contributed by atoms with Gasteiger partial charge in [0.25, 0.3) is 0 Å². The summed E-state index contributed by atoms with van der Waals surface area (Å²) in [6, 6.07) is 35.8. The second-order valence-corrected chi connectivity index (χ2v) is 11.3. The van der Waals surface area contributed by atoms with Crippen molar-refractivity contribution >= 4 is 17.0 Å². The first-order chi connectivity index (χ1) is 21.2. The van der Waals surface area contributed by atoms with Crippen LogP contribution in [0, 0.1) is 0 Å².